The van der Waals surface area contributed by atoms with Gasteiger partial charge in [0.1, 0.15) is 5.75 Å². The first-order valence-corrected chi connectivity index (χ1v) is 4.59. The van der Waals surface area contributed by atoms with Crippen LogP contribution in [0.1, 0.15) is 5.56 Å². The Morgan fingerprint density at radius 2 is 1.67 bits per heavy atom. The van der Waals surface area contributed by atoms with Gasteiger partial charge in [-0.3, -0.25) is 4.79 Å². The Morgan fingerprint density at radius 3 is 2.11 bits per heavy atom. The first-order valence-electron chi connectivity index (χ1n) is 4.59. The molecule has 0 saturated carbocycles. The predicted octanol–water partition coefficient (Wildman–Crippen LogP) is 2.38. The second kappa shape index (κ2) is 5.19. The van der Waals surface area contributed by atoms with E-state index < -0.39 is 18.0 Å². The van der Waals surface area contributed by atoms with Crippen LogP contribution in [0, 0.1) is 0 Å². The van der Waals surface area contributed by atoms with Gasteiger partial charge in [-0.1, -0.05) is 12.1 Å². The van der Waals surface area contributed by atoms with Gasteiger partial charge in [0.2, 0.25) is 0 Å². The van der Waals surface area contributed by atoms with Crippen LogP contribution in [0.3, 0.4) is 0 Å². The number of benzene rings is 1. The van der Waals surface area contributed by atoms with Gasteiger partial charge in [0.05, 0.1) is 0 Å². The van der Waals surface area contributed by atoms with Gasteiger partial charge < -0.3 is 10.1 Å². The van der Waals surface area contributed by atoms with Gasteiger partial charge in [0.15, 0.2) is 0 Å². The molecule has 0 aromatic heterocycles. The zero-order valence-corrected chi connectivity index (χ0v) is 8.72. The zero-order valence-electron chi connectivity index (χ0n) is 8.72. The smallest absolute Gasteiger partial charge is 0.426 e. The lowest BCUT2D eigenvalue weighted by atomic mass is 10.2. The lowest BCUT2D eigenvalue weighted by molar-refractivity contribution is -0.360. The van der Waals surface area contributed by atoms with Gasteiger partial charge in [-0.05, 0) is 17.7 Å². The van der Waals surface area contributed by atoms with E-state index in [2.05, 4.69) is 10.1 Å². The fourth-order valence-electron chi connectivity index (χ4n) is 1.02. The van der Waals surface area contributed by atoms with Crippen molar-refractivity contribution >= 4 is 6.41 Å². The summed E-state index contributed by atoms with van der Waals surface area (Å²) in [5, 5.41) is 2.18. The van der Waals surface area contributed by atoms with E-state index in [1.807, 2.05) is 0 Å². The Kier molecular flexibility index (Phi) is 4.10. The van der Waals surface area contributed by atoms with E-state index in [-0.39, 0.29) is 6.54 Å². The van der Waals surface area contributed by atoms with Gasteiger partial charge in [-0.25, -0.2) is 0 Å². The second-order valence-corrected chi connectivity index (χ2v) is 3.22. The summed E-state index contributed by atoms with van der Waals surface area (Å²) >= 11 is 0. The molecular weight excluding hydrogens is 261 g/mol. The minimum absolute atomic E-state index is 0.0828. The Hall–Kier alpha value is -1.86. The summed E-state index contributed by atoms with van der Waals surface area (Å²) in [6, 6.07) is 4.38. The van der Waals surface area contributed by atoms with Crippen LogP contribution < -0.4 is 10.1 Å². The van der Waals surface area contributed by atoms with E-state index in [4.69, 9.17) is 0 Å². The summed E-state index contributed by atoms with van der Waals surface area (Å²) in [6.45, 7) is 0.0828. The van der Waals surface area contributed by atoms with Crippen molar-refractivity contribution in [1.29, 1.82) is 0 Å². The molecule has 0 fully saturated rings. The third-order valence-electron chi connectivity index (χ3n) is 1.86. The van der Waals surface area contributed by atoms with Crippen molar-refractivity contribution in [1.82, 2.24) is 5.32 Å². The fourth-order valence-corrected chi connectivity index (χ4v) is 1.02. The molecule has 1 N–H and O–H groups in total. The van der Waals surface area contributed by atoms with Gasteiger partial charge in [-0.15, -0.1) is 0 Å². The van der Waals surface area contributed by atoms with Crippen LogP contribution in [0.4, 0.5) is 22.0 Å². The lowest BCUT2D eigenvalue weighted by Gasteiger charge is -2.20. The molecule has 1 aromatic carbocycles. The molecule has 18 heavy (non-hydrogen) atoms. The van der Waals surface area contributed by atoms with Crippen LogP contribution in [-0.4, -0.2) is 18.7 Å². The minimum Gasteiger partial charge on any atom is -0.426 e. The van der Waals surface area contributed by atoms with Crippen molar-refractivity contribution in [3.05, 3.63) is 29.8 Å². The molecule has 0 spiro atoms. The van der Waals surface area contributed by atoms with Crippen molar-refractivity contribution in [3.8, 4) is 5.75 Å². The number of alkyl halides is 5. The molecule has 1 amide bonds. The molecule has 1 aromatic rings. The zero-order chi connectivity index (χ0) is 13.8. The van der Waals surface area contributed by atoms with Crippen molar-refractivity contribution < 1.29 is 31.5 Å². The summed E-state index contributed by atoms with van der Waals surface area (Å²) in [5.74, 6) is -0.629. The van der Waals surface area contributed by atoms with Crippen molar-refractivity contribution in [3.63, 3.8) is 0 Å². The van der Waals surface area contributed by atoms with Gasteiger partial charge >= 0.3 is 18.7 Å². The maximum atomic E-state index is 12.5. The number of hydrogen-bond acceptors (Lipinski definition) is 2. The molecule has 0 aliphatic rings. The van der Waals surface area contributed by atoms with Crippen LogP contribution in [0.15, 0.2) is 24.3 Å². The SMILES string of the molecule is O=[C]NCc1ccc(OC(F)(F)C(F)(F)F)cc1. The maximum absolute atomic E-state index is 12.5. The molecule has 0 unspecified atom stereocenters. The first kappa shape index (κ1) is 14.2. The second-order valence-electron chi connectivity index (χ2n) is 3.22. The number of ether oxygens (including phenoxy) is 1. The lowest BCUT2D eigenvalue weighted by Crippen LogP contribution is -2.41. The molecular formula is C10H7F5NO2. The highest BCUT2D eigenvalue weighted by Crippen LogP contribution is 2.37. The average molecular weight is 268 g/mol. The number of rotatable bonds is 5. The molecule has 0 atom stereocenters. The Balaban J connectivity index is 2.72. The molecule has 0 aliphatic heterocycles. The highest BCUT2D eigenvalue weighted by molar-refractivity contribution is 5.47. The molecule has 99 valence electrons. The van der Waals surface area contributed by atoms with Crippen molar-refractivity contribution in [2.45, 2.75) is 18.8 Å². The number of carbonyl (C=O) groups excluding carboxylic acids is 1. The minimum atomic E-state index is -5.78. The Labute approximate surface area is 98.5 Å². The Morgan fingerprint density at radius 1 is 1.11 bits per heavy atom. The average Bonchev–Trinajstić information content (AvgIpc) is 2.26. The standard InChI is InChI=1S/C10H7F5NO2/c11-9(12,13)10(14,15)18-8-3-1-7(2-4-8)5-16-6-17/h1-4H,5H2,(H,16,17). The highest BCUT2D eigenvalue weighted by Gasteiger charge is 2.61. The molecule has 0 saturated heterocycles. The molecule has 8 heteroatoms. The molecule has 0 heterocycles. The normalized spacial score (nSPS) is 12.1. The number of hydrogen-bond donors (Lipinski definition) is 1. The van der Waals surface area contributed by atoms with Crippen LogP contribution in [0.25, 0.3) is 0 Å². The third kappa shape index (κ3) is 3.57. The third-order valence-corrected chi connectivity index (χ3v) is 1.86. The number of nitrogens with one attached hydrogen (secondary N) is 1. The van der Waals surface area contributed by atoms with Crippen LogP contribution >= 0.6 is 0 Å². The van der Waals surface area contributed by atoms with E-state index in [0.717, 1.165) is 12.1 Å². The molecule has 3 nitrogen and oxygen atoms in total. The fraction of sp³-hybridized carbons (Fsp3) is 0.300. The molecule has 1 rings (SSSR count). The summed E-state index contributed by atoms with van der Waals surface area (Å²) < 4.78 is 64.1. The van der Waals surface area contributed by atoms with Crippen molar-refractivity contribution in [2.24, 2.45) is 0 Å². The summed E-state index contributed by atoms with van der Waals surface area (Å²) in [7, 11) is 0. The highest BCUT2D eigenvalue weighted by atomic mass is 19.4. The van der Waals surface area contributed by atoms with E-state index in [1.54, 1.807) is 0 Å². The van der Waals surface area contributed by atoms with Gasteiger partial charge in [0, 0.05) is 6.54 Å². The number of halogens is 5. The van der Waals surface area contributed by atoms with Crippen LogP contribution in [0.2, 0.25) is 0 Å². The number of amides is 1. The summed E-state index contributed by atoms with van der Waals surface area (Å²) in [5.41, 5.74) is 0.501. The largest absolute Gasteiger partial charge is 0.499 e. The summed E-state index contributed by atoms with van der Waals surface area (Å²) in [6.07, 6.45) is -9.64. The van der Waals surface area contributed by atoms with Gasteiger partial charge in [-0.2, -0.15) is 22.0 Å². The van der Waals surface area contributed by atoms with E-state index in [9.17, 15) is 26.7 Å². The molecule has 1 radical (unpaired) electrons. The summed E-state index contributed by atoms with van der Waals surface area (Å²) in [4.78, 5) is 9.86. The monoisotopic (exact) mass is 268 g/mol. The predicted molar refractivity (Wildman–Crippen MR) is 50.6 cm³/mol. The first-order chi connectivity index (χ1) is 8.26. The van der Waals surface area contributed by atoms with Gasteiger partial charge in [0.25, 0.3) is 0 Å². The molecule has 0 bridgehead atoms. The van der Waals surface area contributed by atoms with E-state index in [1.165, 1.54) is 18.5 Å². The quantitative estimate of drug-likeness (QED) is 0.657. The van der Waals surface area contributed by atoms with E-state index in [0.29, 0.717) is 5.56 Å². The van der Waals surface area contributed by atoms with Crippen LogP contribution in [0.5, 0.6) is 5.75 Å². The molecule has 0 aliphatic carbocycles. The van der Waals surface area contributed by atoms with Crippen LogP contribution in [-0.2, 0) is 11.3 Å². The maximum Gasteiger partial charge on any atom is 0.499 e. The van der Waals surface area contributed by atoms with Crippen molar-refractivity contribution in [2.75, 3.05) is 0 Å². The van der Waals surface area contributed by atoms with E-state index >= 15 is 0 Å². The Bertz CT molecular complexity index is 402. The topological polar surface area (TPSA) is 38.3 Å².